The van der Waals surface area contributed by atoms with Crippen molar-refractivity contribution in [2.75, 3.05) is 6.61 Å². The van der Waals surface area contributed by atoms with Gasteiger partial charge in [-0.15, -0.1) is 0 Å². The lowest BCUT2D eigenvalue weighted by molar-refractivity contribution is -0.114. The topological polar surface area (TPSA) is 81.3 Å². The number of aliphatic hydroxyl groups is 2. The van der Waals surface area contributed by atoms with E-state index in [1.165, 1.54) is 13.8 Å². The van der Waals surface area contributed by atoms with E-state index >= 15 is 0 Å². The number of Topliss-reactive ketones (excluding diaryl/α,β-unsaturated/α-hetero) is 1. The van der Waals surface area contributed by atoms with Crippen LogP contribution < -0.4 is 0 Å². The zero-order chi connectivity index (χ0) is 9.28. The summed E-state index contributed by atoms with van der Waals surface area (Å²) < 4.78 is 0. The molecule has 0 aliphatic rings. The van der Waals surface area contributed by atoms with Crippen molar-refractivity contribution in [2.45, 2.75) is 26.4 Å². The molecule has 1 atom stereocenters. The fourth-order valence-electron chi connectivity index (χ4n) is 0.170. The highest BCUT2D eigenvalue weighted by Gasteiger charge is 1.96. The summed E-state index contributed by atoms with van der Waals surface area (Å²) in [5.41, 5.74) is 0. The van der Waals surface area contributed by atoms with Crippen molar-refractivity contribution in [3.63, 3.8) is 0 Å². The Morgan fingerprint density at radius 1 is 1.64 bits per heavy atom. The van der Waals surface area contributed by atoms with Crippen molar-refractivity contribution in [1.82, 2.24) is 0 Å². The zero-order valence-electron chi connectivity index (χ0n) is 6.74. The van der Waals surface area contributed by atoms with Gasteiger partial charge in [0.15, 0.2) is 0 Å². The average molecular weight is 159 g/mol. The van der Waals surface area contributed by atoms with Gasteiger partial charge in [-0.25, -0.2) is 0 Å². The van der Waals surface area contributed by atoms with E-state index in [-0.39, 0.29) is 18.8 Å². The van der Waals surface area contributed by atoms with E-state index in [2.05, 4.69) is 0 Å². The van der Waals surface area contributed by atoms with Crippen molar-refractivity contribution in [3.8, 4) is 6.07 Å². The van der Waals surface area contributed by atoms with Gasteiger partial charge in [0.05, 0.1) is 25.2 Å². The molecule has 4 heteroatoms. The Bertz CT molecular complexity index is 135. The second-order valence-corrected chi connectivity index (χ2v) is 2.11. The summed E-state index contributed by atoms with van der Waals surface area (Å²) in [7, 11) is 0. The highest BCUT2D eigenvalue weighted by molar-refractivity contribution is 5.72. The smallest absolute Gasteiger partial charge is 0.126 e. The Morgan fingerprint density at radius 3 is 2.09 bits per heavy atom. The number of ketones is 1. The summed E-state index contributed by atoms with van der Waals surface area (Å²) >= 11 is 0. The molecule has 0 heterocycles. The van der Waals surface area contributed by atoms with E-state index in [0.717, 1.165) is 0 Å². The van der Waals surface area contributed by atoms with Crippen molar-refractivity contribution < 1.29 is 15.0 Å². The maximum Gasteiger partial charge on any atom is 0.126 e. The number of carbonyl (C=O) groups is 1. The van der Waals surface area contributed by atoms with Crippen LogP contribution in [0.3, 0.4) is 0 Å². The molecule has 0 spiro atoms. The molecule has 4 nitrogen and oxygen atoms in total. The Hall–Kier alpha value is -0.920. The summed E-state index contributed by atoms with van der Waals surface area (Å²) in [6, 6.07) is 1.71. The lowest BCUT2D eigenvalue weighted by Crippen LogP contribution is -2.09. The minimum Gasteiger partial charge on any atom is -0.394 e. The van der Waals surface area contributed by atoms with E-state index < -0.39 is 6.10 Å². The second kappa shape index (κ2) is 9.08. The summed E-state index contributed by atoms with van der Waals surface area (Å²) in [6.45, 7) is 2.73. The van der Waals surface area contributed by atoms with Gasteiger partial charge in [0.1, 0.15) is 5.78 Å². The first-order valence-corrected chi connectivity index (χ1v) is 3.17. The molecule has 2 N–H and O–H groups in total. The number of hydrogen-bond donors (Lipinski definition) is 2. The molecule has 0 saturated heterocycles. The molecule has 0 aliphatic carbocycles. The van der Waals surface area contributed by atoms with Crippen molar-refractivity contribution in [1.29, 1.82) is 5.26 Å². The molecule has 11 heavy (non-hydrogen) atoms. The van der Waals surface area contributed by atoms with Crippen LogP contribution in [0.25, 0.3) is 0 Å². The van der Waals surface area contributed by atoms with Gasteiger partial charge in [-0.2, -0.15) is 5.26 Å². The monoisotopic (exact) mass is 159 g/mol. The third kappa shape index (κ3) is 27.3. The standard InChI is InChI=1S/C4H7NO2.C3H6O/c5-2-1-4(7)3-6;1-3(2)4/h4,6-7H,1,3H2;1-2H3/t4-;/m0./s1. The van der Waals surface area contributed by atoms with Gasteiger partial charge >= 0.3 is 0 Å². The highest BCUT2D eigenvalue weighted by atomic mass is 16.3. The van der Waals surface area contributed by atoms with Gasteiger partial charge in [-0.1, -0.05) is 0 Å². The molecule has 0 saturated carbocycles. The number of nitriles is 1. The SMILES string of the molecule is CC(C)=O.N#CC[C@H](O)CO. The normalized spacial score (nSPS) is 10.5. The van der Waals surface area contributed by atoms with Crippen LogP contribution in [0.15, 0.2) is 0 Å². The minimum absolute atomic E-state index is 0.0104. The molecule has 0 aliphatic heterocycles. The molecule has 0 unspecified atom stereocenters. The lowest BCUT2D eigenvalue weighted by Gasteiger charge is -1.95. The van der Waals surface area contributed by atoms with Gasteiger partial charge in [-0.3, -0.25) is 0 Å². The molecule has 0 amide bonds. The van der Waals surface area contributed by atoms with Crippen LogP contribution in [-0.4, -0.2) is 28.7 Å². The van der Waals surface area contributed by atoms with E-state index in [1.54, 1.807) is 6.07 Å². The molecule has 0 aromatic heterocycles. The van der Waals surface area contributed by atoms with Crippen LogP contribution in [-0.2, 0) is 4.79 Å². The van der Waals surface area contributed by atoms with Crippen LogP contribution in [0.2, 0.25) is 0 Å². The number of aliphatic hydroxyl groups excluding tert-OH is 2. The van der Waals surface area contributed by atoms with Crippen LogP contribution >= 0.6 is 0 Å². The van der Waals surface area contributed by atoms with E-state index in [0.29, 0.717) is 0 Å². The molecule has 0 aromatic carbocycles. The van der Waals surface area contributed by atoms with E-state index in [9.17, 15) is 4.79 Å². The van der Waals surface area contributed by atoms with Crippen LogP contribution in [0.1, 0.15) is 20.3 Å². The van der Waals surface area contributed by atoms with Crippen LogP contribution in [0.5, 0.6) is 0 Å². The maximum atomic E-state index is 9.44. The number of nitrogens with zero attached hydrogens (tertiary/aromatic N) is 1. The van der Waals surface area contributed by atoms with Gasteiger partial charge in [-0.05, 0) is 13.8 Å². The van der Waals surface area contributed by atoms with Crippen molar-refractivity contribution >= 4 is 5.78 Å². The third-order valence-corrected chi connectivity index (χ3v) is 0.538. The van der Waals surface area contributed by atoms with Gasteiger partial charge in [0.2, 0.25) is 0 Å². The number of carbonyl (C=O) groups excluding carboxylic acids is 1. The first-order chi connectivity index (χ1) is 5.04. The van der Waals surface area contributed by atoms with E-state index in [1.807, 2.05) is 0 Å². The molecule has 0 radical (unpaired) electrons. The predicted octanol–water partition coefficient (Wildman–Crippen LogP) is -0.151. The molecule has 0 fully saturated rings. The maximum absolute atomic E-state index is 9.44. The molecular formula is C7H13NO3. The Kier molecular flexibility index (Phi) is 10.5. The summed E-state index contributed by atoms with van der Waals surface area (Å²) in [5, 5.41) is 24.3. The molecule has 0 aromatic rings. The van der Waals surface area contributed by atoms with Crippen LogP contribution in [0, 0.1) is 11.3 Å². The van der Waals surface area contributed by atoms with Crippen molar-refractivity contribution in [2.24, 2.45) is 0 Å². The van der Waals surface area contributed by atoms with Crippen molar-refractivity contribution in [3.05, 3.63) is 0 Å². The Labute approximate surface area is 66.1 Å². The quantitative estimate of drug-likeness (QED) is 0.587. The third-order valence-electron chi connectivity index (χ3n) is 0.538. The van der Waals surface area contributed by atoms with Gasteiger partial charge in [0.25, 0.3) is 0 Å². The minimum atomic E-state index is -0.856. The van der Waals surface area contributed by atoms with E-state index in [4.69, 9.17) is 15.5 Å². The molecule has 64 valence electrons. The summed E-state index contributed by atoms with van der Waals surface area (Å²) in [5.74, 6) is 0.167. The fourth-order valence-corrected chi connectivity index (χ4v) is 0.170. The molecular weight excluding hydrogens is 146 g/mol. The molecule has 0 rings (SSSR count). The van der Waals surface area contributed by atoms with Gasteiger partial charge < -0.3 is 15.0 Å². The number of hydrogen-bond acceptors (Lipinski definition) is 4. The Balaban J connectivity index is 0. The first kappa shape index (κ1) is 12.7. The number of rotatable bonds is 2. The van der Waals surface area contributed by atoms with Crippen LogP contribution in [0.4, 0.5) is 0 Å². The second-order valence-electron chi connectivity index (χ2n) is 2.11. The Morgan fingerprint density at radius 2 is 2.00 bits per heavy atom. The molecule has 0 bridgehead atoms. The fraction of sp³-hybridized carbons (Fsp3) is 0.714. The first-order valence-electron chi connectivity index (χ1n) is 3.17. The summed E-state index contributed by atoms with van der Waals surface area (Å²) in [6.07, 6.45) is -0.846. The largest absolute Gasteiger partial charge is 0.394 e. The average Bonchev–Trinajstić information content (AvgIpc) is 1.87. The zero-order valence-corrected chi connectivity index (χ0v) is 6.74. The van der Waals surface area contributed by atoms with Gasteiger partial charge in [0, 0.05) is 0 Å². The predicted molar refractivity (Wildman–Crippen MR) is 39.7 cm³/mol. The lowest BCUT2D eigenvalue weighted by atomic mass is 10.3. The highest BCUT2D eigenvalue weighted by Crippen LogP contribution is 1.83. The summed E-state index contributed by atoms with van der Waals surface area (Å²) in [4.78, 5) is 9.44.